The summed E-state index contributed by atoms with van der Waals surface area (Å²) < 4.78 is 9.66. The molecule has 0 saturated heterocycles. The van der Waals surface area contributed by atoms with Gasteiger partial charge >= 0.3 is 0 Å². The molecule has 4 heterocycles. The number of hydrogen-bond donors (Lipinski definition) is 0. The molecule has 0 saturated carbocycles. The molecule has 0 unspecified atom stereocenters. The molecule has 1 aliphatic rings. The molecule has 4 aromatic heterocycles. The molecule has 0 fully saturated rings. The lowest BCUT2D eigenvalue weighted by molar-refractivity contribution is 1.11. The summed E-state index contributed by atoms with van der Waals surface area (Å²) in [4.78, 5) is 5.23. The van der Waals surface area contributed by atoms with E-state index in [4.69, 9.17) is 4.98 Å². The van der Waals surface area contributed by atoms with Crippen LogP contribution in [0.4, 0.5) is 0 Å². The van der Waals surface area contributed by atoms with Crippen molar-refractivity contribution in [2.45, 2.75) is 0 Å². The molecule has 0 aliphatic heterocycles. The zero-order chi connectivity index (χ0) is 47.0. The number of hydrogen-bond acceptors (Lipinski definition) is 1. The van der Waals surface area contributed by atoms with Gasteiger partial charge in [0.05, 0.1) is 55.5 Å². The first-order chi connectivity index (χ1) is 35.8. The van der Waals surface area contributed by atoms with Crippen LogP contribution in [0.15, 0.2) is 249 Å². The van der Waals surface area contributed by atoms with Crippen LogP contribution in [0.3, 0.4) is 0 Å². The second-order valence-electron chi connectivity index (χ2n) is 19.0. The fraction of sp³-hybridized carbons (Fsp3) is 0. The summed E-state index contributed by atoms with van der Waals surface area (Å²) in [7, 11) is 0. The Morgan fingerprint density at radius 2 is 0.708 bits per heavy atom. The first-order valence-electron chi connectivity index (χ1n) is 24.7. The highest BCUT2D eigenvalue weighted by Crippen LogP contribution is 2.53. The van der Waals surface area contributed by atoms with Gasteiger partial charge in [-0.1, -0.05) is 182 Å². The highest BCUT2D eigenvalue weighted by molar-refractivity contribution is 6.15. The molecule has 11 aromatic carbocycles. The van der Waals surface area contributed by atoms with E-state index >= 15 is 0 Å². The average Bonchev–Trinajstić information content (AvgIpc) is 4.18. The SMILES string of the molecule is c1ccc2c(c1)-c1ccccc1-c1ccc(-c3ccccc3-n3c4ccccc4c4cc(-n5c6ccccc6n6c7ccccc7nc56)ccc43)c(-n3c4ccccc4c4ccccc43)c1-c1ccccc1-2. The molecule has 5 heteroatoms. The van der Waals surface area contributed by atoms with Crippen LogP contribution < -0.4 is 0 Å². The van der Waals surface area contributed by atoms with Crippen LogP contribution in [-0.2, 0) is 0 Å². The largest absolute Gasteiger partial charge is 0.309 e. The zero-order valence-corrected chi connectivity index (χ0v) is 38.9. The molecule has 0 spiro atoms. The molecular weight excluding hydrogens is 875 g/mol. The fourth-order valence-electron chi connectivity index (χ4n) is 12.4. The van der Waals surface area contributed by atoms with Gasteiger partial charge in [-0.2, -0.15) is 0 Å². The van der Waals surface area contributed by atoms with E-state index in [0.29, 0.717) is 0 Å². The number of para-hydroxylation sites is 8. The van der Waals surface area contributed by atoms with E-state index in [9.17, 15) is 0 Å². The van der Waals surface area contributed by atoms with Crippen LogP contribution in [-0.4, -0.2) is 23.1 Å². The van der Waals surface area contributed by atoms with Gasteiger partial charge in [-0.25, -0.2) is 4.98 Å². The number of nitrogens with zero attached hydrogens (tertiary/aromatic N) is 5. The van der Waals surface area contributed by atoms with Crippen molar-refractivity contribution >= 4 is 71.5 Å². The Balaban J connectivity index is 1.01. The molecule has 0 atom stereocenters. The van der Waals surface area contributed by atoms with Gasteiger partial charge in [-0.3, -0.25) is 8.97 Å². The minimum absolute atomic E-state index is 0.898. The molecule has 0 N–H and O–H groups in total. The van der Waals surface area contributed by atoms with E-state index < -0.39 is 0 Å². The van der Waals surface area contributed by atoms with Crippen LogP contribution in [0.5, 0.6) is 0 Å². The van der Waals surface area contributed by atoms with Crippen molar-refractivity contribution in [2.24, 2.45) is 0 Å². The Hall–Kier alpha value is -9.71. The number of rotatable bonds is 4. The summed E-state index contributed by atoms with van der Waals surface area (Å²) in [5.41, 5.74) is 24.3. The van der Waals surface area contributed by atoms with Gasteiger partial charge in [0, 0.05) is 43.9 Å². The van der Waals surface area contributed by atoms with Crippen molar-refractivity contribution in [3.05, 3.63) is 249 Å². The maximum absolute atomic E-state index is 5.23. The summed E-state index contributed by atoms with van der Waals surface area (Å²) in [5, 5.41) is 4.82. The lowest BCUT2D eigenvalue weighted by atomic mass is 9.79. The normalized spacial score (nSPS) is 12.2. The van der Waals surface area contributed by atoms with E-state index in [0.717, 1.165) is 67.1 Å². The standard InChI is InChI=1S/C67H41N5/c1-2-20-44-43(19-1)45-21-3-4-23-47(45)53-38-39-54(66(65(53)52-28-6-5-22-46(44)52)71-59-32-14-7-24-48(59)49-25-8-15-33-60(49)71)50-26-9-12-30-57(50)70-58-31-13-10-27-51(58)55-41-42(37-40-61(55)70)69-63-35-17-18-36-64(63)72-62-34-16-11-29-56(62)68-67(69)72/h1-41H. The van der Waals surface area contributed by atoms with Crippen molar-refractivity contribution in [2.75, 3.05) is 0 Å². The lowest BCUT2D eigenvalue weighted by Gasteiger charge is -2.28. The van der Waals surface area contributed by atoms with Gasteiger partial charge in [0.2, 0.25) is 5.78 Å². The Morgan fingerprint density at radius 3 is 1.36 bits per heavy atom. The van der Waals surface area contributed by atoms with E-state index in [-0.39, 0.29) is 0 Å². The summed E-state index contributed by atoms with van der Waals surface area (Å²) in [6, 6.07) is 91.5. The van der Waals surface area contributed by atoms with Gasteiger partial charge in [-0.15, -0.1) is 0 Å². The molecular formula is C67H41N5. The van der Waals surface area contributed by atoms with E-state index in [1.54, 1.807) is 0 Å². The van der Waals surface area contributed by atoms with Crippen molar-refractivity contribution < 1.29 is 0 Å². The Bertz CT molecular complexity index is 4710. The predicted molar refractivity (Wildman–Crippen MR) is 299 cm³/mol. The first kappa shape index (κ1) is 39.2. The molecule has 334 valence electrons. The number of fused-ring (bicyclic) bond motifs is 19. The Morgan fingerprint density at radius 1 is 0.264 bits per heavy atom. The number of aromatic nitrogens is 5. The summed E-state index contributed by atoms with van der Waals surface area (Å²) in [6.07, 6.45) is 0. The maximum atomic E-state index is 5.23. The van der Waals surface area contributed by atoms with Crippen LogP contribution in [0.1, 0.15) is 0 Å². The molecule has 72 heavy (non-hydrogen) atoms. The average molecular weight is 916 g/mol. The van der Waals surface area contributed by atoms with Crippen LogP contribution >= 0.6 is 0 Å². The monoisotopic (exact) mass is 915 g/mol. The van der Waals surface area contributed by atoms with E-state index in [1.807, 2.05) is 0 Å². The van der Waals surface area contributed by atoms with Crippen LogP contribution in [0, 0.1) is 0 Å². The minimum atomic E-state index is 0.898. The molecule has 0 radical (unpaired) electrons. The highest BCUT2D eigenvalue weighted by atomic mass is 15.2. The molecule has 16 rings (SSSR count). The van der Waals surface area contributed by atoms with Gasteiger partial charge in [0.25, 0.3) is 0 Å². The third-order valence-electron chi connectivity index (χ3n) is 15.4. The molecule has 0 amide bonds. The zero-order valence-electron chi connectivity index (χ0n) is 38.9. The van der Waals surface area contributed by atoms with Crippen LogP contribution in [0.2, 0.25) is 0 Å². The van der Waals surface area contributed by atoms with Crippen LogP contribution in [0.25, 0.3) is 144 Å². The van der Waals surface area contributed by atoms with Crippen molar-refractivity contribution in [3.8, 4) is 72.7 Å². The Kier molecular flexibility index (Phi) is 8.10. The lowest BCUT2D eigenvalue weighted by Crippen LogP contribution is -2.06. The topological polar surface area (TPSA) is 32.1 Å². The number of benzene rings is 11. The molecule has 5 nitrogen and oxygen atoms in total. The Labute approximate surface area is 414 Å². The summed E-state index contributed by atoms with van der Waals surface area (Å²) >= 11 is 0. The van der Waals surface area contributed by atoms with Gasteiger partial charge in [0.15, 0.2) is 0 Å². The third-order valence-corrected chi connectivity index (χ3v) is 15.4. The smallest absolute Gasteiger partial charge is 0.220 e. The predicted octanol–water partition coefficient (Wildman–Crippen LogP) is 17.3. The maximum Gasteiger partial charge on any atom is 0.220 e. The summed E-state index contributed by atoms with van der Waals surface area (Å²) in [5.74, 6) is 0.898. The van der Waals surface area contributed by atoms with Gasteiger partial charge < -0.3 is 9.13 Å². The molecule has 1 aliphatic carbocycles. The van der Waals surface area contributed by atoms with E-state index in [2.05, 4.69) is 267 Å². The van der Waals surface area contributed by atoms with Crippen molar-refractivity contribution in [3.63, 3.8) is 0 Å². The third kappa shape index (κ3) is 5.34. The fourth-order valence-corrected chi connectivity index (χ4v) is 12.4. The van der Waals surface area contributed by atoms with E-state index in [1.165, 1.54) is 77.1 Å². The number of imidazole rings is 2. The van der Waals surface area contributed by atoms with Crippen molar-refractivity contribution in [1.82, 2.24) is 23.1 Å². The molecule has 15 aromatic rings. The minimum Gasteiger partial charge on any atom is -0.309 e. The quantitative estimate of drug-likeness (QED) is 0.173. The second-order valence-corrected chi connectivity index (χ2v) is 19.0. The summed E-state index contributed by atoms with van der Waals surface area (Å²) in [6.45, 7) is 0. The second kappa shape index (κ2) is 14.9. The van der Waals surface area contributed by atoms with Gasteiger partial charge in [-0.05, 0) is 106 Å². The first-order valence-corrected chi connectivity index (χ1v) is 24.7. The highest BCUT2D eigenvalue weighted by Gasteiger charge is 2.29. The molecule has 0 bridgehead atoms. The van der Waals surface area contributed by atoms with Crippen molar-refractivity contribution in [1.29, 1.82) is 0 Å². The van der Waals surface area contributed by atoms with Gasteiger partial charge in [0.1, 0.15) is 0 Å².